The van der Waals surface area contributed by atoms with Gasteiger partial charge in [-0.05, 0) is 65.0 Å². The molecule has 0 amide bonds. The first-order valence-corrected chi connectivity index (χ1v) is 8.55. The van der Waals surface area contributed by atoms with Crippen LogP contribution in [-0.2, 0) is 0 Å². The number of nitrogens with one attached hydrogen (secondary N) is 1. The molecule has 1 heterocycles. The van der Waals surface area contributed by atoms with Gasteiger partial charge in [0.25, 0.3) is 0 Å². The van der Waals surface area contributed by atoms with E-state index >= 15 is 0 Å². The minimum Gasteiger partial charge on any atom is -0.299 e. The lowest BCUT2D eigenvalue weighted by molar-refractivity contribution is 0.0916. The molecule has 3 nitrogen and oxygen atoms in total. The molecular formula is C17H31N3. The predicted octanol–water partition coefficient (Wildman–Crippen LogP) is 3.31. The van der Waals surface area contributed by atoms with Gasteiger partial charge >= 0.3 is 0 Å². The fraction of sp³-hybridized carbons (Fsp3) is 0.941. The van der Waals surface area contributed by atoms with Gasteiger partial charge in [0, 0.05) is 12.1 Å². The number of likely N-dealkylation sites (tertiary alicyclic amines) is 1. The van der Waals surface area contributed by atoms with Crippen LogP contribution >= 0.6 is 0 Å². The Morgan fingerprint density at radius 1 is 1.20 bits per heavy atom. The highest BCUT2D eigenvalue weighted by Crippen LogP contribution is 2.38. The average Bonchev–Trinajstić information content (AvgIpc) is 2.82. The minimum absolute atomic E-state index is 0.239. The first-order valence-electron chi connectivity index (χ1n) is 8.55. The molecule has 1 aliphatic heterocycles. The smallest absolute Gasteiger partial charge is 0.109 e. The summed E-state index contributed by atoms with van der Waals surface area (Å²) >= 11 is 0. The molecule has 114 valence electrons. The van der Waals surface area contributed by atoms with Crippen LogP contribution < -0.4 is 5.32 Å². The van der Waals surface area contributed by atoms with Gasteiger partial charge in [-0.3, -0.25) is 10.2 Å². The molecular weight excluding hydrogens is 246 g/mol. The second kappa shape index (κ2) is 6.91. The van der Waals surface area contributed by atoms with Crippen LogP contribution in [0.1, 0.15) is 65.7 Å². The van der Waals surface area contributed by atoms with Gasteiger partial charge in [-0.1, -0.05) is 19.8 Å². The van der Waals surface area contributed by atoms with E-state index in [1.54, 1.807) is 0 Å². The summed E-state index contributed by atoms with van der Waals surface area (Å²) in [6.07, 6.45) is 8.69. The van der Waals surface area contributed by atoms with Crippen molar-refractivity contribution in [1.82, 2.24) is 10.2 Å². The molecule has 3 heteroatoms. The summed E-state index contributed by atoms with van der Waals surface area (Å²) in [6.45, 7) is 8.92. The molecule has 0 aromatic rings. The Labute approximate surface area is 124 Å². The highest BCUT2D eigenvalue weighted by Gasteiger charge is 2.42. The van der Waals surface area contributed by atoms with E-state index in [4.69, 9.17) is 0 Å². The normalized spacial score (nSPS) is 38.8. The molecule has 1 saturated carbocycles. The van der Waals surface area contributed by atoms with Gasteiger partial charge in [0.15, 0.2) is 0 Å². The fourth-order valence-corrected chi connectivity index (χ4v) is 4.42. The summed E-state index contributed by atoms with van der Waals surface area (Å²) in [6, 6.07) is 4.05. The van der Waals surface area contributed by atoms with Crippen LogP contribution in [0.3, 0.4) is 0 Å². The van der Waals surface area contributed by atoms with Crippen molar-refractivity contribution in [2.75, 3.05) is 13.1 Å². The monoisotopic (exact) mass is 277 g/mol. The number of piperidine rings is 1. The number of hydrogen-bond donors (Lipinski definition) is 1. The van der Waals surface area contributed by atoms with Crippen LogP contribution in [0.25, 0.3) is 0 Å². The molecule has 1 N–H and O–H groups in total. The summed E-state index contributed by atoms with van der Waals surface area (Å²) in [7, 11) is 0. The first kappa shape index (κ1) is 15.8. The van der Waals surface area contributed by atoms with E-state index < -0.39 is 0 Å². The molecule has 1 aliphatic carbocycles. The SMILES string of the molecule is CCNC1(C#N)CCCC1CCN1[C@H](C)CCC[C@@H]1C. The molecule has 20 heavy (non-hydrogen) atoms. The van der Waals surface area contributed by atoms with Crippen molar-refractivity contribution >= 4 is 0 Å². The third-order valence-corrected chi connectivity index (χ3v) is 5.62. The highest BCUT2D eigenvalue weighted by atomic mass is 15.2. The zero-order valence-electron chi connectivity index (χ0n) is 13.5. The zero-order chi connectivity index (χ0) is 14.6. The lowest BCUT2D eigenvalue weighted by Crippen LogP contribution is -2.49. The van der Waals surface area contributed by atoms with Crippen LogP contribution in [0.4, 0.5) is 0 Å². The fourth-order valence-electron chi connectivity index (χ4n) is 4.42. The van der Waals surface area contributed by atoms with Gasteiger partial charge in [0.2, 0.25) is 0 Å². The number of nitrogens with zero attached hydrogens (tertiary/aromatic N) is 2. The van der Waals surface area contributed by atoms with Crippen molar-refractivity contribution in [3.05, 3.63) is 0 Å². The van der Waals surface area contributed by atoms with E-state index in [0.29, 0.717) is 5.92 Å². The molecule has 0 bridgehead atoms. The molecule has 0 aromatic heterocycles. The maximum atomic E-state index is 9.63. The Bertz CT molecular complexity index is 339. The number of hydrogen-bond acceptors (Lipinski definition) is 3. The van der Waals surface area contributed by atoms with Crippen molar-refractivity contribution in [2.24, 2.45) is 5.92 Å². The summed E-state index contributed by atoms with van der Waals surface area (Å²) in [5.41, 5.74) is -0.239. The summed E-state index contributed by atoms with van der Waals surface area (Å²) in [5.74, 6) is 0.536. The quantitative estimate of drug-likeness (QED) is 0.838. The standard InChI is InChI=1S/C17H31N3/c1-4-19-17(13-18)11-6-9-16(17)10-12-20-14(2)7-5-8-15(20)3/h14-16,19H,4-12H2,1-3H3/t14-,15+,16?,17?. The van der Waals surface area contributed by atoms with E-state index in [9.17, 15) is 5.26 Å². The lowest BCUT2D eigenvalue weighted by Gasteiger charge is -2.40. The molecule has 0 spiro atoms. The third kappa shape index (κ3) is 3.18. The summed E-state index contributed by atoms with van der Waals surface area (Å²) in [4.78, 5) is 2.68. The van der Waals surface area contributed by atoms with E-state index in [2.05, 4.69) is 37.1 Å². The maximum Gasteiger partial charge on any atom is 0.109 e. The van der Waals surface area contributed by atoms with Crippen LogP contribution in [0.5, 0.6) is 0 Å². The first-order chi connectivity index (χ1) is 9.63. The molecule has 2 fully saturated rings. The Hall–Kier alpha value is -0.590. The van der Waals surface area contributed by atoms with Gasteiger partial charge in [-0.2, -0.15) is 5.26 Å². The molecule has 2 unspecified atom stereocenters. The molecule has 2 aliphatic rings. The second-order valence-electron chi connectivity index (χ2n) is 6.86. The lowest BCUT2D eigenvalue weighted by atomic mass is 9.85. The molecule has 0 radical (unpaired) electrons. The van der Waals surface area contributed by atoms with Crippen LogP contribution in [0.15, 0.2) is 0 Å². The molecule has 2 rings (SSSR count). The predicted molar refractivity (Wildman–Crippen MR) is 83.5 cm³/mol. The van der Waals surface area contributed by atoms with Crippen molar-refractivity contribution < 1.29 is 0 Å². The van der Waals surface area contributed by atoms with E-state index in [1.807, 2.05) is 0 Å². The van der Waals surface area contributed by atoms with Gasteiger partial charge in [-0.15, -0.1) is 0 Å². The highest BCUT2D eigenvalue weighted by molar-refractivity contribution is 5.14. The largest absolute Gasteiger partial charge is 0.299 e. The molecule has 4 atom stereocenters. The zero-order valence-corrected chi connectivity index (χ0v) is 13.5. The maximum absolute atomic E-state index is 9.63. The van der Waals surface area contributed by atoms with Gasteiger partial charge in [0.1, 0.15) is 5.54 Å². The van der Waals surface area contributed by atoms with Crippen LogP contribution in [0, 0.1) is 17.2 Å². The van der Waals surface area contributed by atoms with E-state index in [1.165, 1.54) is 45.1 Å². The Balaban J connectivity index is 1.94. The number of nitriles is 1. The third-order valence-electron chi connectivity index (χ3n) is 5.62. The van der Waals surface area contributed by atoms with Gasteiger partial charge in [0.05, 0.1) is 6.07 Å². The summed E-state index contributed by atoms with van der Waals surface area (Å²) in [5, 5.41) is 13.1. The summed E-state index contributed by atoms with van der Waals surface area (Å²) < 4.78 is 0. The van der Waals surface area contributed by atoms with Gasteiger partial charge < -0.3 is 0 Å². The van der Waals surface area contributed by atoms with Gasteiger partial charge in [-0.25, -0.2) is 0 Å². The number of rotatable bonds is 5. The van der Waals surface area contributed by atoms with Crippen LogP contribution in [-0.4, -0.2) is 35.6 Å². The van der Waals surface area contributed by atoms with Crippen molar-refractivity contribution in [3.63, 3.8) is 0 Å². The Morgan fingerprint density at radius 3 is 2.50 bits per heavy atom. The van der Waals surface area contributed by atoms with Crippen molar-refractivity contribution in [1.29, 1.82) is 5.26 Å². The van der Waals surface area contributed by atoms with E-state index in [-0.39, 0.29) is 5.54 Å². The average molecular weight is 277 g/mol. The topological polar surface area (TPSA) is 39.1 Å². The van der Waals surface area contributed by atoms with Crippen molar-refractivity contribution in [2.45, 2.75) is 83.3 Å². The Kier molecular flexibility index (Phi) is 5.46. The van der Waals surface area contributed by atoms with Crippen LogP contribution in [0.2, 0.25) is 0 Å². The van der Waals surface area contributed by atoms with E-state index in [0.717, 1.165) is 25.0 Å². The molecule has 0 aromatic carbocycles. The Morgan fingerprint density at radius 2 is 1.90 bits per heavy atom. The minimum atomic E-state index is -0.239. The molecule has 1 saturated heterocycles. The van der Waals surface area contributed by atoms with Crippen molar-refractivity contribution in [3.8, 4) is 6.07 Å². The second-order valence-corrected chi connectivity index (χ2v) is 6.86.